The summed E-state index contributed by atoms with van der Waals surface area (Å²) in [6, 6.07) is 16.3. The summed E-state index contributed by atoms with van der Waals surface area (Å²) in [7, 11) is 0. The fraction of sp³-hybridized carbons (Fsp3) is 0.619. The van der Waals surface area contributed by atoms with E-state index in [-0.39, 0.29) is 43.7 Å². The van der Waals surface area contributed by atoms with E-state index < -0.39 is 23.6 Å². The number of nitrogens with one attached hydrogen (secondary N) is 1. The van der Waals surface area contributed by atoms with Gasteiger partial charge >= 0.3 is 18.0 Å². The van der Waals surface area contributed by atoms with Crippen LogP contribution in [0.1, 0.15) is 153 Å². The Hall–Kier alpha value is -3.68. The standard InChI is InChI=1S/C42H61NO7/c1-42(2,3)50-39(45)27-17-15-13-11-9-7-5-4-6-8-10-12-14-16-22-33(44)30-32(40(46)47)28-29-43-41(48)49-31-38-36-25-20-18-23-34(36)35-24-19-21-26-37(35)38/h18-21,23-26,32,38H,4-17,22,27-31H2,1-3H3,(H,43,48)(H,46,47)/t32-/m1/s1. The van der Waals surface area contributed by atoms with Crippen LogP contribution in [0.5, 0.6) is 0 Å². The second-order valence-corrected chi connectivity index (χ2v) is 14.9. The molecule has 8 nitrogen and oxygen atoms in total. The monoisotopic (exact) mass is 691 g/mol. The molecule has 50 heavy (non-hydrogen) atoms. The van der Waals surface area contributed by atoms with Crippen LogP contribution in [0.25, 0.3) is 11.1 Å². The highest BCUT2D eigenvalue weighted by Crippen LogP contribution is 2.44. The van der Waals surface area contributed by atoms with Crippen molar-refractivity contribution in [1.29, 1.82) is 0 Å². The van der Waals surface area contributed by atoms with Gasteiger partial charge in [0.15, 0.2) is 0 Å². The lowest BCUT2D eigenvalue weighted by atomic mass is 9.96. The van der Waals surface area contributed by atoms with Crippen molar-refractivity contribution in [2.45, 2.75) is 148 Å². The number of Topliss-reactive ketones (excluding diaryl/α,β-unsaturated/α-hetero) is 1. The number of hydrogen-bond acceptors (Lipinski definition) is 6. The molecule has 0 aromatic heterocycles. The smallest absolute Gasteiger partial charge is 0.407 e. The van der Waals surface area contributed by atoms with Crippen LogP contribution in [0, 0.1) is 5.92 Å². The molecule has 0 fully saturated rings. The Morgan fingerprint density at radius 2 is 1.16 bits per heavy atom. The highest BCUT2D eigenvalue weighted by molar-refractivity contribution is 5.84. The maximum Gasteiger partial charge on any atom is 0.407 e. The van der Waals surface area contributed by atoms with E-state index >= 15 is 0 Å². The number of rotatable bonds is 25. The highest BCUT2D eigenvalue weighted by atomic mass is 16.6. The van der Waals surface area contributed by atoms with Crippen molar-refractivity contribution in [3.05, 3.63) is 59.7 Å². The summed E-state index contributed by atoms with van der Waals surface area (Å²) in [6.45, 7) is 6.04. The number of alkyl carbamates (subject to hydrolysis) is 1. The molecule has 0 unspecified atom stereocenters. The Kier molecular flexibility index (Phi) is 18.1. The second-order valence-electron chi connectivity index (χ2n) is 14.9. The quantitative estimate of drug-likeness (QED) is 0.0786. The predicted molar refractivity (Wildman–Crippen MR) is 198 cm³/mol. The number of carbonyl (C=O) groups is 4. The lowest BCUT2D eigenvalue weighted by Crippen LogP contribution is -2.30. The number of ether oxygens (including phenoxy) is 2. The summed E-state index contributed by atoms with van der Waals surface area (Å²) in [4.78, 5) is 48.5. The van der Waals surface area contributed by atoms with E-state index in [0.717, 1.165) is 54.4 Å². The number of ketones is 1. The number of carboxylic acid groups (broad SMARTS) is 1. The van der Waals surface area contributed by atoms with Gasteiger partial charge in [-0.05, 0) is 62.3 Å². The number of aliphatic carboxylic acids is 1. The molecule has 3 rings (SSSR count). The van der Waals surface area contributed by atoms with E-state index in [4.69, 9.17) is 9.47 Å². The van der Waals surface area contributed by atoms with Crippen LogP contribution in [0.4, 0.5) is 4.79 Å². The van der Waals surface area contributed by atoms with Gasteiger partial charge in [-0.2, -0.15) is 0 Å². The van der Waals surface area contributed by atoms with Gasteiger partial charge in [0.25, 0.3) is 0 Å². The van der Waals surface area contributed by atoms with Crippen LogP contribution in [-0.4, -0.2) is 47.7 Å². The summed E-state index contributed by atoms with van der Waals surface area (Å²) in [6.07, 6.45) is 16.5. The maximum atomic E-state index is 12.5. The highest BCUT2D eigenvalue weighted by Gasteiger charge is 2.29. The zero-order valence-electron chi connectivity index (χ0n) is 30.8. The van der Waals surface area contributed by atoms with E-state index in [9.17, 15) is 24.3 Å². The number of carboxylic acids is 1. The molecule has 1 amide bonds. The van der Waals surface area contributed by atoms with Crippen molar-refractivity contribution in [3.8, 4) is 11.1 Å². The molecule has 0 saturated heterocycles. The molecule has 1 aliphatic rings. The van der Waals surface area contributed by atoms with Crippen molar-refractivity contribution in [1.82, 2.24) is 5.32 Å². The van der Waals surface area contributed by atoms with Gasteiger partial charge in [-0.3, -0.25) is 14.4 Å². The third kappa shape index (κ3) is 15.5. The van der Waals surface area contributed by atoms with Gasteiger partial charge in [0.1, 0.15) is 18.0 Å². The summed E-state index contributed by atoms with van der Waals surface area (Å²) in [5.74, 6) is -1.99. The molecule has 276 valence electrons. The van der Waals surface area contributed by atoms with E-state index in [0.29, 0.717) is 12.8 Å². The van der Waals surface area contributed by atoms with Crippen molar-refractivity contribution < 1.29 is 33.8 Å². The Balaban J connectivity index is 1.14. The fourth-order valence-corrected chi connectivity index (χ4v) is 6.79. The Labute approximate surface area is 300 Å². The van der Waals surface area contributed by atoms with E-state index in [1.807, 2.05) is 45.0 Å². The molecular weight excluding hydrogens is 630 g/mol. The second kappa shape index (κ2) is 22.2. The minimum absolute atomic E-state index is 0.00617. The molecule has 0 spiro atoms. The first-order valence-corrected chi connectivity index (χ1v) is 19.1. The SMILES string of the molecule is CC(C)(C)OC(=O)CCCCCCCCCCCCCCCCC(=O)C[C@@H](CCNC(=O)OCC1c2ccccc2-c2ccccc21)C(=O)O. The van der Waals surface area contributed by atoms with Gasteiger partial charge in [-0.1, -0.05) is 126 Å². The number of fused-ring (bicyclic) bond motifs is 3. The molecular formula is C42H61NO7. The summed E-state index contributed by atoms with van der Waals surface area (Å²) in [5.41, 5.74) is 4.17. The first-order valence-electron chi connectivity index (χ1n) is 19.1. The topological polar surface area (TPSA) is 119 Å². The van der Waals surface area contributed by atoms with Crippen LogP contribution in [0.3, 0.4) is 0 Å². The average Bonchev–Trinajstić information content (AvgIpc) is 3.39. The fourth-order valence-electron chi connectivity index (χ4n) is 6.79. The van der Waals surface area contributed by atoms with Gasteiger partial charge in [0, 0.05) is 31.7 Å². The van der Waals surface area contributed by atoms with E-state index in [1.165, 1.54) is 57.8 Å². The van der Waals surface area contributed by atoms with Crippen LogP contribution in [0.2, 0.25) is 0 Å². The van der Waals surface area contributed by atoms with Crippen LogP contribution in [-0.2, 0) is 23.9 Å². The molecule has 0 heterocycles. The minimum atomic E-state index is -1.01. The van der Waals surface area contributed by atoms with Crippen LogP contribution < -0.4 is 5.32 Å². The number of benzene rings is 2. The van der Waals surface area contributed by atoms with E-state index in [2.05, 4.69) is 29.6 Å². The molecule has 0 saturated carbocycles. The normalized spacial score (nSPS) is 12.9. The number of amides is 1. The lowest BCUT2D eigenvalue weighted by Gasteiger charge is -2.19. The third-order valence-electron chi connectivity index (χ3n) is 9.44. The largest absolute Gasteiger partial charge is 0.481 e. The zero-order valence-corrected chi connectivity index (χ0v) is 30.8. The van der Waals surface area contributed by atoms with Gasteiger partial charge in [0.05, 0.1) is 5.92 Å². The van der Waals surface area contributed by atoms with Crippen molar-refractivity contribution in [3.63, 3.8) is 0 Å². The molecule has 1 aliphatic carbocycles. The first-order chi connectivity index (χ1) is 24.0. The molecule has 2 N–H and O–H groups in total. The summed E-state index contributed by atoms with van der Waals surface area (Å²) in [5, 5.41) is 12.3. The average molecular weight is 692 g/mol. The summed E-state index contributed by atoms with van der Waals surface area (Å²) >= 11 is 0. The third-order valence-corrected chi connectivity index (χ3v) is 9.44. The van der Waals surface area contributed by atoms with Crippen LogP contribution >= 0.6 is 0 Å². The lowest BCUT2D eigenvalue weighted by molar-refractivity contribution is -0.155. The Morgan fingerprint density at radius 1 is 0.700 bits per heavy atom. The van der Waals surface area contributed by atoms with Crippen molar-refractivity contribution in [2.24, 2.45) is 5.92 Å². The van der Waals surface area contributed by atoms with Gasteiger partial charge in [-0.25, -0.2) is 4.79 Å². The number of carbonyl (C=O) groups excluding carboxylic acids is 3. The van der Waals surface area contributed by atoms with Crippen molar-refractivity contribution >= 4 is 23.8 Å². The molecule has 2 aromatic rings. The zero-order chi connectivity index (χ0) is 36.2. The predicted octanol–water partition coefficient (Wildman–Crippen LogP) is 10.2. The minimum Gasteiger partial charge on any atom is -0.481 e. The van der Waals surface area contributed by atoms with Crippen LogP contribution in [0.15, 0.2) is 48.5 Å². The Morgan fingerprint density at radius 3 is 1.64 bits per heavy atom. The molecule has 0 aliphatic heterocycles. The molecule has 2 aromatic carbocycles. The maximum absolute atomic E-state index is 12.5. The molecule has 1 atom stereocenters. The Bertz CT molecular complexity index is 1300. The summed E-state index contributed by atoms with van der Waals surface area (Å²) < 4.78 is 10.9. The first kappa shape index (κ1) is 40.7. The van der Waals surface area contributed by atoms with Gasteiger partial charge in [0.2, 0.25) is 0 Å². The number of hydrogen-bond donors (Lipinski definition) is 2. The van der Waals surface area contributed by atoms with Crippen molar-refractivity contribution in [2.75, 3.05) is 13.2 Å². The number of unbranched alkanes of at least 4 members (excludes halogenated alkanes) is 13. The number of esters is 1. The molecule has 8 heteroatoms. The molecule has 0 bridgehead atoms. The van der Waals surface area contributed by atoms with E-state index in [1.54, 1.807) is 0 Å². The van der Waals surface area contributed by atoms with Gasteiger partial charge < -0.3 is 19.9 Å². The van der Waals surface area contributed by atoms with Gasteiger partial charge in [-0.15, -0.1) is 0 Å². The molecule has 0 radical (unpaired) electrons.